The number of ether oxygens (including phenoxy) is 1. The average Bonchev–Trinajstić information content (AvgIpc) is 3.37. The van der Waals surface area contributed by atoms with Gasteiger partial charge >= 0.3 is 0 Å². The summed E-state index contributed by atoms with van der Waals surface area (Å²) < 4.78 is 12.0. The highest BCUT2D eigenvalue weighted by atomic mass is 16.6. The molecule has 2 atom stereocenters. The average molecular weight is 508 g/mol. The maximum atomic E-state index is 11.7. The number of benzene rings is 4. The van der Waals surface area contributed by atoms with Crippen LogP contribution in [0.5, 0.6) is 5.75 Å². The molecule has 2 heterocycles. The van der Waals surface area contributed by atoms with Gasteiger partial charge in [-0.15, -0.1) is 0 Å². The molecule has 4 aromatic carbocycles. The Labute approximate surface area is 216 Å². The van der Waals surface area contributed by atoms with Crippen molar-refractivity contribution in [3.8, 4) is 5.75 Å². The number of aryl methyl sites for hydroxylation is 1. The second-order valence-electron chi connectivity index (χ2n) is 8.98. The molecule has 0 radical (unpaired) electrons. The lowest BCUT2D eigenvalue weighted by atomic mass is 9.89. The highest BCUT2D eigenvalue weighted by Gasteiger charge is 2.41. The molecule has 1 aromatic heterocycles. The first-order valence-corrected chi connectivity index (χ1v) is 11.8. The lowest BCUT2D eigenvalue weighted by Gasteiger charge is -2.43. The Hall–Kier alpha value is -5.25. The predicted octanol–water partition coefficient (Wildman–Crippen LogP) is 6.64. The summed E-state index contributed by atoms with van der Waals surface area (Å²) in [6.07, 6.45) is -0.850. The van der Waals surface area contributed by atoms with Gasteiger partial charge < -0.3 is 14.2 Å². The summed E-state index contributed by atoms with van der Waals surface area (Å²) >= 11 is 0. The maximum Gasteiger partial charge on any atom is 0.269 e. The van der Waals surface area contributed by atoms with Gasteiger partial charge in [-0.25, -0.2) is 0 Å². The summed E-state index contributed by atoms with van der Waals surface area (Å²) in [5.74, 6) is 1.54. The van der Waals surface area contributed by atoms with E-state index in [9.17, 15) is 20.2 Å². The highest BCUT2D eigenvalue weighted by molar-refractivity contribution is 5.89. The number of hydrogen-bond donors (Lipinski definition) is 0. The van der Waals surface area contributed by atoms with E-state index in [1.54, 1.807) is 31.2 Å². The molecule has 1 aliphatic rings. The van der Waals surface area contributed by atoms with Gasteiger partial charge in [0.1, 0.15) is 11.5 Å². The van der Waals surface area contributed by atoms with Gasteiger partial charge in [0.05, 0.1) is 15.9 Å². The van der Waals surface area contributed by atoms with E-state index in [1.165, 1.54) is 24.3 Å². The molecule has 0 N–H and O–H groups in total. The molecule has 0 spiro atoms. The Balaban J connectivity index is 1.67. The number of aromatic nitrogens is 1. The van der Waals surface area contributed by atoms with E-state index in [0.29, 0.717) is 28.5 Å². The van der Waals surface area contributed by atoms with Crippen LogP contribution in [0.4, 0.5) is 17.2 Å². The Morgan fingerprint density at radius 1 is 0.816 bits per heavy atom. The molecule has 10 heteroatoms. The van der Waals surface area contributed by atoms with Crippen molar-refractivity contribution in [1.82, 2.24) is 5.16 Å². The van der Waals surface area contributed by atoms with Crippen LogP contribution >= 0.6 is 0 Å². The summed E-state index contributed by atoms with van der Waals surface area (Å²) in [4.78, 5) is 24.2. The zero-order chi connectivity index (χ0) is 26.4. The summed E-state index contributed by atoms with van der Waals surface area (Å²) in [6.45, 7) is 1.76. The molecule has 1 aliphatic heterocycles. The number of fused-ring (bicyclic) bond motifs is 3. The predicted molar refractivity (Wildman–Crippen MR) is 139 cm³/mol. The molecule has 6 rings (SSSR count). The zero-order valence-corrected chi connectivity index (χ0v) is 20.1. The normalized spacial score (nSPS) is 16.6. The van der Waals surface area contributed by atoms with Gasteiger partial charge in [-0.1, -0.05) is 59.8 Å². The number of anilines is 1. The molecule has 0 bridgehead atoms. The van der Waals surface area contributed by atoms with Crippen LogP contribution < -0.4 is 9.64 Å². The molecular formula is C28H20N4O6. The van der Waals surface area contributed by atoms with Crippen molar-refractivity contribution >= 4 is 28.0 Å². The first-order chi connectivity index (χ1) is 18.4. The third kappa shape index (κ3) is 3.88. The second-order valence-corrected chi connectivity index (χ2v) is 8.98. The molecule has 5 aromatic rings. The number of rotatable bonds is 5. The SMILES string of the molecule is Cc1cc(N2C(c3cccc([N+](=O)[O-])c3)Oc3ccc4ccccc4c3C2c2cccc([N+](=O)[O-])c2)no1. The Bertz CT molecular complexity index is 1720. The Morgan fingerprint density at radius 3 is 2.18 bits per heavy atom. The van der Waals surface area contributed by atoms with Crippen LogP contribution in [0.15, 0.2) is 95.5 Å². The fourth-order valence-electron chi connectivity index (χ4n) is 5.00. The van der Waals surface area contributed by atoms with Crippen molar-refractivity contribution in [2.24, 2.45) is 0 Å². The van der Waals surface area contributed by atoms with Gasteiger partial charge in [0.25, 0.3) is 11.4 Å². The van der Waals surface area contributed by atoms with E-state index in [-0.39, 0.29) is 11.4 Å². The molecule has 38 heavy (non-hydrogen) atoms. The minimum absolute atomic E-state index is 0.0565. The molecule has 10 nitrogen and oxygen atoms in total. The number of nitro groups is 2. The molecule has 0 amide bonds. The van der Waals surface area contributed by atoms with Crippen molar-refractivity contribution in [2.75, 3.05) is 4.90 Å². The van der Waals surface area contributed by atoms with Crippen molar-refractivity contribution in [3.63, 3.8) is 0 Å². The van der Waals surface area contributed by atoms with Gasteiger partial charge in [-0.2, -0.15) is 0 Å². The van der Waals surface area contributed by atoms with Crippen molar-refractivity contribution in [2.45, 2.75) is 19.2 Å². The van der Waals surface area contributed by atoms with Crippen molar-refractivity contribution in [1.29, 1.82) is 0 Å². The van der Waals surface area contributed by atoms with Crippen LogP contribution in [0.1, 0.15) is 34.7 Å². The van der Waals surface area contributed by atoms with Crippen molar-refractivity contribution < 1.29 is 19.1 Å². The fourth-order valence-corrected chi connectivity index (χ4v) is 5.00. The second kappa shape index (κ2) is 9.00. The summed E-state index contributed by atoms with van der Waals surface area (Å²) in [7, 11) is 0. The fraction of sp³-hybridized carbons (Fsp3) is 0.107. The molecular weight excluding hydrogens is 488 g/mol. The summed E-state index contributed by atoms with van der Waals surface area (Å²) in [5.41, 5.74) is 1.81. The topological polar surface area (TPSA) is 125 Å². The number of nitro benzene ring substituents is 2. The van der Waals surface area contributed by atoms with Gasteiger partial charge in [0.2, 0.25) is 6.23 Å². The lowest BCUT2D eigenvalue weighted by Crippen LogP contribution is -2.41. The summed E-state index contributed by atoms with van der Waals surface area (Å²) in [6, 6.07) is 25.4. The third-order valence-corrected chi connectivity index (χ3v) is 6.62. The molecule has 0 saturated heterocycles. The molecule has 0 aliphatic carbocycles. The smallest absolute Gasteiger partial charge is 0.269 e. The highest BCUT2D eigenvalue weighted by Crippen LogP contribution is 2.50. The van der Waals surface area contributed by atoms with Gasteiger partial charge in [0, 0.05) is 41.5 Å². The van der Waals surface area contributed by atoms with Crippen LogP contribution in [0.3, 0.4) is 0 Å². The van der Waals surface area contributed by atoms with Gasteiger partial charge in [0.15, 0.2) is 5.82 Å². The van der Waals surface area contributed by atoms with Crippen LogP contribution in [0, 0.1) is 27.2 Å². The largest absolute Gasteiger partial charge is 0.466 e. The monoisotopic (exact) mass is 508 g/mol. The first-order valence-electron chi connectivity index (χ1n) is 11.8. The lowest BCUT2D eigenvalue weighted by molar-refractivity contribution is -0.385. The molecule has 188 valence electrons. The quantitative estimate of drug-likeness (QED) is 0.191. The molecule has 0 saturated carbocycles. The third-order valence-electron chi connectivity index (χ3n) is 6.62. The first kappa shape index (κ1) is 23.2. The molecule has 2 unspecified atom stereocenters. The van der Waals surface area contributed by atoms with Crippen molar-refractivity contribution in [3.05, 3.63) is 134 Å². The van der Waals surface area contributed by atoms with Gasteiger partial charge in [-0.05, 0) is 29.3 Å². The van der Waals surface area contributed by atoms with Crippen LogP contribution in [0.25, 0.3) is 10.8 Å². The number of hydrogen-bond acceptors (Lipinski definition) is 8. The number of nitrogens with zero attached hydrogens (tertiary/aromatic N) is 4. The summed E-state index contributed by atoms with van der Waals surface area (Å²) in [5, 5.41) is 29.4. The maximum absolute atomic E-state index is 11.7. The van der Waals surface area contributed by atoms with E-state index in [1.807, 2.05) is 47.4 Å². The minimum atomic E-state index is -0.850. The van der Waals surface area contributed by atoms with E-state index in [4.69, 9.17) is 9.26 Å². The standard InChI is InChI=1S/C28H20N4O6/c1-17-14-25(29-38-17)30-27(19-7-4-9-21(15-19)31(33)34)26-23-11-3-2-6-18(23)12-13-24(26)37-28(30)20-8-5-10-22(16-20)32(35)36/h2-16,27-28H,1H3. The Morgan fingerprint density at radius 2 is 1.50 bits per heavy atom. The van der Waals surface area contributed by atoms with E-state index >= 15 is 0 Å². The molecule has 0 fully saturated rings. The van der Waals surface area contributed by atoms with E-state index in [2.05, 4.69) is 5.16 Å². The minimum Gasteiger partial charge on any atom is -0.466 e. The van der Waals surface area contributed by atoms with E-state index in [0.717, 1.165) is 16.3 Å². The Kier molecular flexibility index (Phi) is 5.49. The number of non-ortho nitro benzene ring substituents is 2. The van der Waals surface area contributed by atoms with Crippen LogP contribution in [0.2, 0.25) is 0 Å². The van der Waals surface area contributed by atoms with Gasteiger partial charge in [-0.3, -0.25) is 20.2 Å². The zero-order valence-electron chi connectivity index (χ0n) is 20.1. The van der Waals surface area contributed by atoms with Crippen LogP contribution in [-0.2, 0) is 0 Å². The van der Waals surface area contributed by atoms with E-state index < -0.39 is 22.1 Å². The van der Waals surface area contributed by atoms with Crippen LogP contribution in [-0.4, -0.2) is 15.0 Å².